The number of ketones is 2. The third-order valence-corrected chi connectivity index (χ3v) is 5.14. The quantitative estimate of drug-likeness (QED) is 0.722. The van der Waals surface area contributed by atoms with Crippen molar-refractivity contribution in [1.29, 1.82) is 0 Å². The highest BCUT2D eigenvalue weighted by Gasteiger charge is 2.30. The molecular formula is C21H32O5. The van der Waals surface area contributed by atoms with Gasteiger partial charge in [0.05, 0.1) is 12.5 Å². The number of aliphatic hydroxyl groups excluding tert-OH is 1. The first-order valence-corrected chi connectivity index (χ1v) is 9.47. The van der Waals surface area contributed by atoms with E-state index in [0.717, 1.165) is 0 Å². The fraction of sp³-hybridized carbons (Fsp3) is 0.667. The van der Waals surface area contributed by atoms with E-state index in [2.05, 4.69) is 0 Å². The van der Waals surface area contributed by atoms with Crippen LogP contribution in [0.25, 0.3) is 0 Å². The first kappa shape index (κ1) is 22.3. The average Bonchev–Trinajstić information content (AvgIpc) is 2.60. The molecule has 0 bridgehead atoms. The highest BCUT2D eigenvalue weighted by Crippen LogP contribution is 2.22. The largest absolute Gasteiger partial charge is 0.462 e. The lowest BCUT2D eigenvalue weighted by Crippen LogP contribution is -2.34. The summed E-state index contributed by atoms with van der Waals surface area (Å²) in [5, 5.41) is 10.3. The van der Waals surface area contributed by atoms with Crippen LogP contribution in [0, 0.1) is 23.7 Å². The van der Waals surface area contributed by atoms with Crippen LogP contribution in [-0.2, 0) is 19.1 Å². The van der Waals surface area contributed by atoms with Gasteiger partial charge >= 0.3 is 5.97 Å². The summed E-state index contributed by atoms with van der Waals surface area (Å²) in [7, 11) is 0. The number of rotatable bonds is 1. The molecule has 146 valence electrons. The van der Waals surface area contributed by atoms with Gasteiger partial charge < -0.3 is 9.84 Å². The van der Waals surface area contributed by atoms with Gasteiger partial charge in [-0.1, -0.05) is 52.8 Å². The normalized spacial score (nSPS) is 37.8. The van der Waals surface area contributed by atoms with Crippen LogP contribution in [0.5, 0.6) is 0 Å². The van der Waals surface area contributed by atoms with Crippen LogP contribution in [0.4, 0.5) is 0 Å². The fourth-order valence-electron chi connectivity index (χ4n) is 3.21. The van der Waals surface area contributed by atoms with E-state index in [1.807, 2.05) is 19.9 Å². The number of hydrogen-bond acceptors (Lipinski definition) is 5. The molecule has 1 aliphatic rings. The van der Waals surface area contributed by atoms with Crippen molar-refractivity contribution < 1.29 is 24.2 Å². The van der Waals surface area contributed by atoms with Gasteiger partial charge in [0.2, 0.25) is 0 Å². The van der Waals surface area contributed by atoms with Gasteiger partial charge in [-0.05, 0) is 18.9 Å². The van der Waals surface area contributed by atoms with Crippen LogP contribution in [0.2, 0.25) is 0 Å². The Morgan fingerprint density at radius 3 is 2.35 bits per heavy atom. The van der Waals surface area contributed by atoms with Crippen LogP contribution in [-0.4, -0.2) is 34.9 Å². The number of ether oxygens (including phenoxy) is 1. The minimum absolute atomic E-state index is 0.0229. The summed E-state index contributed by atoms with van der Waals surface area (Å²) in [6, 6.07) is 0. The van der Waals surface area contributed by atoms with Crippen LogP contribution in [0.15, 0.2) is 24.3 Å². The summed E-state index contributed by atoms with van der Waals surface area (Å²) in [5.74, 6) is -2.01. The lowest BCUT2D eigenvalue weighted by Gasteiger charge is -2.24. The molecule has 0 aromatic carbocycles. The number of carbonyl (C=O) groups excluding carboxylic acids is 3. The average molecular weight is 364 g/mol. The van der Waals surface area contributed by atoms with Crippen molar-refractivity contribution in [2.24, 2.45) is 23.7 Å². The Morgan fingerprint density at radius 2 is 1.73 bits per heavy atom. The number of esters is 1. The number of carbonyl (C=O) groups is 3. The lowest BCUT2D eigenvalue weighted by molar-refractivity contribution is -0.154. The molecule has 0 spiro atoms. The van der Waals surface area contributed by atoms with E-state index < -0.39 is 18.0 Å². The van der Waals surface area contributed by atoms with Crippen molar-refractivity contribution in [2.45, 2.75) is 66.1 Å². The SMILES string of the molecule is CC[C@H]1OC(=O)C[C@@H](O)[C@H](C)C(=O)[C@@H](C)C[C@@H](C)C(=O)/C=C/C=C/[C@@H]1C. The smallest absolute Gasteiger partial charge is 0.308 e. The monoisotopic (exact) mass is 364 g/mol. The first-order chi connectivity index (χ1) is 12.2. The summed E-state index contributed by atoms with van der Waals surface area (Å²) >= 11 is 0. The van der Waals surface area contributed by atoms with Crippen molar-refractivity contribution in [3.8, 4) is 0 Å². The zero-order valence-electron chi connectivity index (χ0n) is 16.5. The second kappa shape index (κ2) is 10.4. The van der Waals surface area contributed by atoms with Crippen molar-refractivity contribution >= 4 is 17.5 Å². The third kappa shape index (κ3) is 6.52. The van der Waals surface area contributed by atoms with Crippen LogP contribution in [0.3, 0.4) is 0 Å². The molecule has 1 rings (SSSR count). The predicted molar refractivity (Wildman–Crippen MR) is 100 cm³/mol. The molecule has 1 heterocycles. The van der Waals surface area contributed by atoms with Crippen LogP contribution < -0.4 is 0 Å². The molecule has 0 saturated carbocycles. The van der Waals surface area contributed by atoms with E-state index in [0.29, 0.717) is 12.8 Å². The van der Waals surface area contributed by atoms with Gasteiger partial charge in [-0.3, -0.25) is 14.4 Å². The molecule has 1 aliphatic heterocycles. The number of allylic oxidation sites excluding steroid dienone is 3. The number of cyclic esters (lactones) is 1. The predicted octanol–water partition coefficient (Wildman–Crippen LogP) is 3.26. The number of aliphatic hydroxyl groups is 1. The number of hydrogen-bond donors (Lipinski definition) is 1. The minimum Gasteiger partial charge on any atom is -0.462 e. The summed E-state index contributed by atoms with van der Waals surface area (Å²) in [4.78, 5) is 36.9. The van der Waals surface area contributed by atoms with Crippen molar-refractivity contribution in [3.63, 3.8) is 0 Å². The summed E-state index contributed by atoms with van der Waals surface area (Å²) in [6.45, 7) is 9.04. The molecule has 0 aliphatic carbocycles. The first-order valence-electron chi connectivity index (χ1n) is 9.47. The molecule has 0 aromatic heterocycles. The maximum Gasteiger partial charge on any atom is 0.308 e. The third-order valence-electron chi connectivity index (χ3n) is 5.14. The second-order valence-electron chi connectivity index (χ2n) is 7.44. The van der Waals surface area contributed by atoms with Crippen molar-refractivity contribution in [3.05, 3.63) is 24.3 Å². The molecule has 0 aromatic rings. The van der Waals surface area contributed by atoms with E-state index in [1.54, 1.807) is 32.9 Å². The summed E-state index contributed by atoms with van der Waals surface area (Å²) in [5.41, 5.74) is 0. The summed E-state index contributed by atoms with van der Waals surface area (Å²) in [6.07, 6.45) is 6.33. The molecule has 0 radical (unpaired) electrons. The zero-order chi connectivity index (χ0) is 19.9. The molecule has 0 saturated heterocycles. The standard InChI is InChI=1S/C21H32O5/c1-6-19-13(2)9-7-8-10-17(22)14(3)11-15(4)21(25)16(5)18(23)12-20(24)26-19/h7-10,13-16,18-19,23H,6,11-12H2,1-5H3/b9-7+,10-8+/t13-,14+,15-,16-,18+,19+/m0/s1. The molecule has 1 N–H and O–H groups in total. The van der Waals surface area contributed by atoms with Gasteiger partial charge in [0.25, 0.3) is 0 Å². The highest BCUT2D eigenvalue weighted by molar-refractivity contribution is 5.92. The van der Waals surface area contributed by atoms with E-state index in [1.165, 1.54) is 6.08 Å². The fourth-order valence-corrected chi connectivity index (χ4v) is 3.21. The van der Waals surface area contributed by atoms with Gasteiger partial charge in [-0.15, -0.1) is 0 Å². The maximum atomic E-state index is 12.5. The Hall–Kier alpha value is -1.75. The second-order valence-corrected chi connectivity index (χ2v) is 7.44. The van der Waals surface area contributed by atoms with Crippen LogP contribution >= 0.6 is 0 Å². The van der Waals surface area contributed by atoms with Gasteiger partial charge in [0, 0.05) is 23.7 Å². The molecule has 0 amide bonds. The Labute approximate surface area is 156 Å². The molecule has 26 heavy (non-hydrogen) atoms. The van der Waals surface area contributed by atoms with Gasteiger partial charge in [0.15, 0.2) is 5.78 Å². The molecule has 0 unspecified atom stereocenters. The van der Waals surface area contributed by atoms with Gasteiger partial charge in [-0.2, -0.15) is 0 Å². The van der Waals surface area contributed by atoms with E-state index in [-0.39, 0.29) is 41.8 Å². The zero-order valence-corrected chi connectivity index (χ0v) is 16.5. The Morgan fingerprint density at radius 1 is 1.08 bits per heavy atom. The van der Waals surface area contributed by atoms with Crippen molar-refractivity contribution in [1.82, 2.24) is 0 Å². The Kier molecular flexibility index (Phi) is 8.93. The maximum absolute atomic E-state index is 12.5. The molecule has 0 fully saturated rings. The van der Waals surface area contributed by atoms with E-state index in [9.17, 15) is 19.5 Å². The van der Waals surface area contributed by atoms with Crippen molar-refractivity contribution in [2.75, 3.05) is 0 Å². The Balaban J connectivity index is 3.06. The molecular weight excluding hydrogens is 332 g/mol. The number of Topliss-reactive ketones (excluding diaryl/α,β-unsaturated/α-hetero) is 1. The Bertz CT molecular complexity index is 563. The van der Waals surface area contributed by atoms with E-state index >= 15 is 0 Å². The molecule has 6 atom stereocenters. The van der Waals surface area contributed by atoms with E-state index in [4.69, 9.17) is 4.74 Å². The topological polar surface area (TPSA) is 80.7 Å². The van der Waals surface area contributed by atoms with Crippen LogP contribution in [0.1, 0.15) is 53.9 Å². The lowest BCUT2D eigenvalue weighted by atomic mass is 9.84. The summed E-state index contributed by atoms with van der Waals surface area (Å²) < 4.78 is 5.48. The van der Waals surface area contributed by atoms with Gasteiger partial charge in [0.1, 0.15) is 11.9 Å². The molecule has 5 heteroatoms. The highest BCUT2D eigenvalue weighted by atomic mass is 16.5. The van der Waals surface area contributed by atoms with Gasteiger partial charge in [-0.25, -0.2) is 0 Å². The molecule has 5 nitrogen and oxygen atoms in total. The minimum atomic E-state index is -1.08.